The molecule has 1 atom stereocenters. The number of benzene rings is 1. The topological polar surface area (TPSA) is 21.3 Å². The summed E-state index contributed by atoms with van der Waals surface area (Å²) in [6, 6.07) is 10.7. The van der Waals surface area contributed by atoms with E-state index in [-0.39, 0.29) is 0 Å². The molecule has 3 heteroatoms. The number of hydrogen-bond acceptors (Lipinski definition) is 2. The van der Waals surface area contributed by atoms with Gasteiger partial charge in [-0.2, -0.15) is 0 Å². The molecule has 0 aliphatic rings. The lowest BCUT2D eigenvalue weighted by molar-refractivity contribution is 0.164. The van der Waals surface area contributed by atoms with Gasteiger partial charge in [0.25, 0.3) is 0 Å². The van der Waals surface area contributed by atoms with Gasteiger partial charge in [-0.1, -0.05) is 30.3 Å². The van der Waals surface area contributed by atoms with Crippen molar-refractivity contribution in [3.8, 4) is 0 Å². The van der Waals surface area contributed by atoms with Crippen LogP contribution in [-0.4, -0.2) is 25.6 Å². The molecular formula is C12H18ClNO. The zero-order valence-electron chi connectivity index (χ0n) is 9.08. The van der Waals surface area contributed by atoms with E-state index in [0.717, 1.165) is 13.0 Å². The molecule has 1 rings (SSSR count). The fourth-order valence-corrected chi connectivity index (χ4v) is 1.70. The van der Waals surface area contributed by atoms with Crippen LogP contribution in [0.4, 0.5) is 0 Å². The van der Waals surface area contributed by atoms with Gasteiger partial charge in [0.05, 0.1) is 6.61 Å². The Morgan fingerprint density at radius 2 is 2.07 bits per heavy atom. The third kappa shape index (κ3) is 5.17. The molecule has 0 fully saturated rings. The number of hydrogen-bond donors (Lipinski definition) is 1. The molecule has 0 radical (unpaired) electrons. The van der Waals surface area contributed by atoms with Crippen molar-refractivity contribution in [1.29, 1.82) is 0 Å². The molecule has 0 saturated heterocycles. The van der Waals surface area contributed by atoms with E-state index in [4.69, 9.17) is 16.3 Å². The van der Waals surface area contributed by atoms with Crippen LogP contribution < -0.4 is 5.32 Å². The van der Waals surface area contributed by atoms with Gasteiger partial charge in [0.2, 0.25) is 0 Å². The molecule has 15 heavy (non-hydrogen) atoms. The predicted octanol–water partition coefficient (Wildman–Crippen LogP) is 2.42. The Hall–Kier alpha value is -0.570. The van der Waals surface area contributed by atoms with Crippen molar-refractivity contribution in [1.82, 2.24) is 5.32 Å². The van der Waals surface area contributed by atoms with Crippen molar-refractivity contribution in [3.05, 3.63) is 35.9 Å². The fraction of sp³-hybridized carbons (Fsp3) is 0.500. The Balaban J connectivity index is 2.33. The van der Waals surface area contributed by atoms with Crippen molar-refractivity contribution >= 4 is 11.6 Å². The fourth-order valence-electron chi connectivity index (χ4n) is 1.44. The van der Waals surface area contributed by atoms with E-state index < -0.39 is 0 Å². The van der Waals surface area contributed by atoms with Crippen LogP contribution in [0.25, 0.3) is 0 Å². The van der Waals surface area contributed by atoms with Crippen molar-refractivity contribution in [3.63, 3.8) is 0 Å². The number of rotatable bonds is 7. The molecule has 0 aliphatic heterocycles. The quantitative estimate of drug-likeness (QED) is 0.723. The van der Waals surface area contributed by atoms with Crippen molar-refractivity contribution in [2.75, 3.05) is 19.6 Å². The van der Waals surface area contributed by atoms with Crippen LogP contribution in [0.5, 0.6) is 0 Å². The predicted molar refractivity (Wildman–Crippen MR) is 64.3 cm³/mol. The lowest BCUT2D eigenvalue weighted by atomic mass is 10.2. The SMILES string of the molecule is COCC(CCCl)NCc1ccccc1. The van der Waals surface area contributed by atoms with E-state index in [0.29, 0.717) is 18.5 Å². The standard InChI is InChI=1S/C12H18ClNO/c1-15-10-12(7-8-13)14-9-11-5-3-2-4-6-11/h2-6,12,14H,7-10H2,1H3. The molecule has 0 aromatic heterocycles. The van der Waals surface area contributed by atoms with Crippen LogP contribution in [0.15, 0.2) is 30.3 Å². The number of nitrogens with one attached hydrogen (secondary N) is 1. The second kappa shape index (κ2) is 7.69. The van der Waals surface area contributed by atoms with Crippen molar-refractivity contribution < 1.29 is 4.74 Å². The highest BCUT2D eigenvalue weighted by molar-refractivity contribution is 6.17. The maximum atomic E-state index is 5.72. The van der Waals surface area contributed by atoms with E-state index in [1.165, 1.54) is 5.56 Å². The summed E-state index contributed by atoms with van der Waals surface area (Å²) in [5.74, 6) is 0.663. The molecule has 1 N–H and O–H groups in total. The van der Waals surface area contributed by atoms with Crippen LogP contribution in [0.3, 0.4) is 0 Å². The van der Waals surface area contributed by atoms with E-state index in [1.54, 1.807) is 7.11 Å². The van der Waals surface area contributed by atoms with Crippen molar-refractivity contribution in [2.24, 2.45) is 0 Å². The normalized spacial score (nSPS) is 12.7. The molecule has 1 aromatic carbocycles. The summed E-state index contributed by atoms with van der Waals surface area (Å²) < 4.78 is 5.12. The number of ether oxygens (including phenoxy) is 1. The van der Waals surface area contributed by atoms with E-state index in [2.05, 4.69) is 17.4 Å². The summed E-state index contributed by atoms with van der Waals surface area (Å²) in [4.78, 5) is 0. The molecule has 0 spiro atoms. The Labute approximate surface area is 96.6 Å². The average molecular weight is 228 g/mol. The number of methoxy groups -OCH3 is 1. The summed E-state index contributed by atoms with van der Waals surface area (Å²) in [5, 5.41) is 3.43. The third-order valence-electron chi connectivity index (χ3n) is 2.26. The summed E-state index contributed by atoms with van der Waals surface area (Å²) in [5.41, 5.74) is 1.29. The Morgan fingerprint density at radius 3 is 2.67 bits per heavy atom. The molecule has 0 heterocycles. The van der Waals surface area contributed by atoms with Gasteiger partial charge in [-0.15, -0.1) is 11.6 Å². The Bertz CT molecular complexity index is 247. The molecule has 0 aliphatic carbocycles. The van der Waals surface area contributed by atoms with Gasteiger partial charge in [-0.05, 0) is 12.0 Å². The van der Waals surface area contributed by atoms with Gasteiger partial charge in [-0.25, -0.2) is 0 Å². The van der Waals surface area contributed by atoms with Gasteiger partial charge in [0.1, 0.15) is 0 Å². The monoisotopic (exact) mass is 227 g/mol. The first-order valence-electron chi connectivity index (χ1n) is 5.19. The summed E-state index contributed by atoms with van der Waals surface area (Å²) in [6.45, 7) is 1.57. The van der Waals surface area contributed by atoms with Gasteiger partial charge in [0.15, 0.2) is 0 Å². The summed E-state index contributed by atoms with van der Waals surface area (Å²) in [7, 11) is 1.71. The van der Waals surface area contributed by atoms with Crippen LogP contribution in [-0.2, 0) is 11.3 Å². The van der Waals surface area contributed by atoms with Crippen LogP contribution in [0.1, 0.15) is 12.0 Å². The second-order valence-electron chi connectivity index (χ2n) is 3.50. The van der Waals surface area contributed by atoms with Crippen LogP contribution >= 0.6 is 11.6 Å². The first kappa shape index (κ1) is 12.5. The molecule has 1 aromatic rings. The number of halogens is 1. The highest BCUT2D eigenvalue weighted by Crippen LogP contribution is 2.01. The molecule has 84 valence electrons. The minimum atomic E-state index is 0.340. The average Bonchev–Trinajstić information content (AvgIpc) is 2.28. The first-order chi connectivity index (χ1) is 7.36. The van der Waals surface area contributed by atoms with Crippen molar-refractivity contribution in [2.45, 2.75) is 19.0 Å². The zero-order valence-corrected chi connectivity index (χ0v) is 9.83. The Kier molecular flexibility index (Phi) is 6.41. The smallest absolute Gasteiger partial charge is 0.0616 e. The molecule has 0 saturated carbocycles. The molecule has 2 nitrogen and oxygen atoms in total. The minimum absolute atomic E-state index is 0.340. The first-order valence-corrected chi connectivity index (χ1v) is 5.72. The Morgan fingerprint density at radius 1 is 1.33 bits per heavy atom. The van der Waals surface area contributed by atoms with Gasteiger partial charge in [0, 0.05) is 25.6 Å². The molecule has 1 unspecified atom stereocenters. The maximum absolute atomic E-state index is 5.72. The minimum Gasteiger partial charge on any atom is -0.383 e. The van der Waals surface area contributed by atoms with Gasteiger partial charge in [-0.3, -0.25) is 0 Å². The van der Waals surface area contributed by atoms with Crippen LogP contribution in [0.2, 0.25) is 0 Å². The summed E-state index contributed by atoms with van der Waals surface area (Å²) in [6.07, 6.45) is 0.933. The third-order valence-corrected chi connectivity index (χ3v) is 2.48. The second-order valence-corrected chi connectivity index (χ2v) is 3.87. The summed E-state index contributed by atoms with van der Waals surface area (Å²) >= 11 is 5.72. The zero-order chi connectivity index (χ0) is 10.9. The highest BCUT2D eigenvalue weighted by atomic mass is 35.5. The van der Waals surface area contributed by atoms with Gasteiger partial charge >= 0.3 is 0 Å². The largest absolute Gasteiger partial charge is 0.383 e. The lowest BCUT2D eigenvalue weighted by Crippen LogP contribution is -2.33. The maximum Gasteiger partial charge on any atom is 0.0616 e. The molecular weight excluding hydrogens is 210 g/mol. The van der Waals surface area contributed by atoms with E-state index in [1.807, 2.05) is 18.2 Å². The molecule has 0 bridgehead atoms. The lowest BCUT2D eigenvalue weighted by Gasteiger charge is -2.16. The molecule has 0 amide bonds. The number of alkyl halides is 1. The van der Waals surface area contributed by atoms with E-state index >= 15 is 0 Å². The van der Waals surface area contributed by atoms with E-state index in [9.17, 15) is 0 Å². The highest BCUT2D eigenvalue weighted by Gasteiger charge is 2.06. The van der Waals surface area contributed by atoms with Crippen LogP contribution in [0, 0.1) is 0 Å². The van der Waals surface area contributed by atoms with Gasteiger partial charge < -0.3 is 10.1 Å².